The summed E-state index contributed by atoms with van der Waals surface area (Å²) in [6.07, 6.45) is 0. The average Bonchev–Trinajstić information content (AvgIpc) is 3.07. The molecular formula is C25H30N2O6. The lowest BCUT2D eigenvalue weighted by molar-refractivity contribution is -0.140. The fourth-order valence-electron chi connectivity index (χ4n) is 3.83. The summed E-state index contributed by atoms with van der Waals surface area (Å²) in [6.45, 7) is 3.23. The van der Waals surface area contributed by atoms with E-state index in [-0.39, 0.29) is 11.3 Å². The minimum Gasteiger partial charge on any atom is -0.507 e. The van der Waals surface area contributed by atoms with Crippen molar-refractivity contribution in [1.82, 2.24) is 9.80 Å². The molecule has 33 heavy (non-hydrogen) atoms. The van der Waals surface area contributed by atoms with Crippen LogP contribution in [0.3, 0.4) is 0 Å². The Morgan fingerprint density at radius 1 is 1.03 bits per heavy atom. The van der Waals surface area contributed by atoms with Crippen molar-refractivity contribution in [2.24, 2.45) is 0 Å². The zero-order valence-electron chi connectivity index (χ0n) is 19.6. The molecule has 176 valence electrons. The van der Waals surface area contributed by atoms with E-state index in [0.29, 0.717) is 48.1 Å². The van der Waals surface area contributed by atoms with Gasteiger partial charge in [0.15, 0.2) is 0 Å². The normalized spacial score (nSPS) is 17.5. The van der Waals surface area contributed by atoms with Gasteiger partial charge < -0.3 is 29.1 Å². The molecule has 1 saturated heterocycles. The second kappa shape index (κ2) is 10.4. The van der Waals surface area contributed by atoms with Crippen LogP contribution in [0, 0.1) is 0 Å². The van der Waals surface area contributed by atoms with Gasteiger partial charge in [-0.05, 0) is 63.5 Å². The van der Waals surface area contributed by atoms with Gasteiger partial charge >= 0.3 is 0 Å². The highest BCUT2D eigenvalue weighted by molar-refractivity contribution is 6.46. The molecule has 1 fully saturated rings. The SMILES string of the molecule is CCOc1ccc(/C(O)=C2\C(=O)C(=O)N(CCN(C)C)[C@@H]2c2cc(OC)ccc2OC)cc1. The van der Waals surface area contributed by atoms with Crippen LogP contribution in [0.5, 0.6) is 17.2 Å². The Morgan fingerprint density at radius 2 is 1.70 bits per heavy atom. The Balaban J connectivity index is 2.19. The number of aliphatic hydroxyl groups is 1. The molecule has 2 aromatic rings. The highest BCUT2D eigenvalue weighted by atomic mass is 16.5. The van der Waals surface area contributed by atoms with Crippen LogP contribution in [0.15, 0.2) is 48.0 Å². The van der Waals surface area contributed by atoms with Crippen LogP contribution < -0.4 is 14.2 Å². The number of hydrogen-bond donors (Lipinski definition) is 1. The number of likely N-dealkylation sites (N-methyl/N-ethyl adjacent to an activating group) is 1. The van der Waals surface area contributed by atoms with Crippen LogP contribution >= 0.6 is 0 Å². The van der Waals surface area contributed by atoms with Gasteiger partial charge in [-0.15, -0.1) is 0 Å². The van der Waals surface area contributed by atoms with E-state index in [4.69, 9.17) is 14.2 Å². The van der Waals surface area contributed by atoms with E-state index in [2.05, 4.69) is 0 Å². The van der Waals surface area contributed by atoms with Crippen LogP contribution in [0.1, 0.15) is 24.1 Å². The zero-order chi connectivity index (χ0) is 24.1. The highest BCUT2D eigenvalue weighted by Crippen LogP contribution is 2.43. The van der Waals surface area contributed by atoms with Crippen molar-refractivity contribution < 1.29 is 28.9 Å². The summed E-state index contributed by atoms with van der Waals surface area (Å²) in [7, 11) is 6.83. The van der Waals surface area contributed by atoms with E-state index < -0.39 is 17.7 Å². The van der Waals surface area contributed by atoms with Gasteiger partial charge in [0.2, 0.25) is 0 Å². The molecule has 1 N–H and O–H groups in total. The summed E-state index contributed by atoms with van der Waals surface area (Å²) >= 11 is 0. The number of ketones is 1. The number of carbonyl (C=O) groups is 2. The number of carbonyl (C=O) groups excluding carboxylic acids is 2. The van der Waals surface area contributed by atoms with E-state index in [9.17, 15) is 14.7 Å². The smallest absolute Gasteiger partial charge is 0.295 e. The lowest BCUT2D eigenvalue weighted by Crippen LogP contribution is -2.35. The fourth-order valence-corrected chi connectivity index (χ4v) is 3.83. The molecule has 2 aromatic carbocycles. The molecular weight excluding hydrogens is 424 g/mol. The van der Waals surface area contributed by atoms with Gasteiger partial charge in [-0.25, -0.2) is 0 Å². The van der Waals surface area contributed by atoms with Gasteiger partial charge in [0, 0.05) is 24.2 Å². The summed E-state index contributed by atoms with van der Waals surface area (Å²) in [5.41, 5.74) is 0.979. The molecule has 0 bridgehead atoms. The predicted molar refractivity (Wildman–Crippen MR) is 125 cm³/mol. The molecule has 0 saturated carbocycles. The maximum atomic E-state index is 13.2. The van der Waals surface area contributed by atoms with Crippen molar-refractivity contribution in [2.45, 2.75) is 13.0 Å². The van der Waals surface area contributed by atoms with E-state index >= 15 is 0 Å². The Labute approximate surface area is 194 Å². The first-order valence-corrected chi connectivity index (χ1v) is 10.7. The fraction of sp³-hybridized carbons (Fsp3) is 0.360. The van der Waals surface area contributed by atoms with Gasteiger partial charge in [0.1, 0.15) is 23.0 Å². The van der Waals surface area contributed by atoms with Gasteiger partial charge in [-0.2, -0.15) is 0 Å². The Kier molecular flexibility index (Phi) is 7.60. The second-order valence-electron chi connectivity index (χ2n) is 7.86. The van der Waals surface area contributed by atoms with Crippen molar-refractivity contribution in [2.75, 3.05) is 48.0 Å². The molecule has 1 amide bonds. The summed E-state index contributed by atoms with van der Waals surface area (Å²) in [4.78, 5) is 29.6. The molecule has 1 atom stereocenters. The van der Waals surface area contributed by atoms with Crippen LogP contribution in [0.2, 0.25) is 0 Å². The first-order chi connectivity index (χ1) is 15.8. The Hall–Kier alpha value is -3.52. The first kappa shape index (κ1) is 24.1. The topological polar surface area (TPSA) is 88.5 Å². The molecule has 8 nitrogen and oxygen atoms in total. The number of hydrogen-bond acceptors (Lipinski definition) is 7. The van der Waals surface area contributed by atoms with Crippen molar-refractivity contribution in [3.05, 3.63) is 59.2 Å². The Morgan fingerprint density at radius 3 is 2.27 bits per heavy atom. The largest absolute Gasteiger partial charge is 0.507 e. The van der Waals surface area contributed by atoms with Gasteiger partial charge in [0.05, 0.1) is 32.4 Å². The molecule has 0 aromatic heterocycles. The zero-order valence-corrected chi connectivity index (χ0v) is 19.6. The van der Waals surface area contributed by atoms with Crippen LogP contribution in [-0.2, 0) is 9.59 Å². The Bertz CT molecular complexity index is 1050. The average molecular weight is 455 g/mol. The minimum atomic E-state index is -0.832. The van der Waals surface area contributed by atoms with Crippen LogP contribution in [-0.4, -0.2) is 74.6 Å². The highest BCUT2D eigenvalue weighted by Gasteiger charge is 2.47. The maximum Gasteiger partial charge on any atom is 0.295 e. The number of rotatable bonds is 9. The third kappa shape index (κ3) is 4.96. The standard InChI is InChI=1S/C25H30N2O6/c1-6-33-17-9-7-16(8-10-17)23(28)21-22(19-15-18(31-4)11-12-20(19)32-5)27(14-13-26(2)3)25(30)24(21)29/h7-12,15,22,28H,6,13-14H2,1-5H3/b23-21+/t22-/m1/s1. The predicted octanol–water partition coefficient (Wildman–Crippen LogP) is 3.09. The summed E-state index contributed by atoms with van der Waals surface area (Å²) in [5.74, 6) is 0.0135. The van der Waals surface area contributed by atoms with Gasteiger partial charge in [-0.3, -0.25) is 9.59 Å². The second-order valence-corrected chi connectivity index (χ2v) is 7.86. The number of likely N-dealkylation sites (tertiary alicyclic amines) is 1. The quantitative estimate of drug-likeness (QED) is 0.354. The number of benzene rings is 2. The van der Waals surface area contributed by atoms with Crippen LogP contribution in [0.4, 0.5) is 0 Å². The lowest BCUT2D eigenvalue weighted by atomic mass is 9.94. The number of methoxy groups -OCH3 is 2. The number of aliphatic hydroxyl groups excluding tert-OH is 1. The number of amides is 1. The molecule has 0 unspecified atom stereocenters. The number of nitrogens with zero attached hydrogens (tertiary/aromatic N) is 2. The molecule has 1 aliphatic heterocycles. The summed E-state index contributed by atoms with van der Waals surface area (Å²) in [6, 6.07) is 11.1. The van der Waals surface area contributed by atoms with Crippen molar-refractivity contribution in [3.63, 3.8) is 0 Å². The van der Waals surface area contributed by atoms with E-state index in [1.54, 1.807) is 42.5 Å². The van der Waals surface area contributed by atoms with E-state index in [1.807, 2.05) is 25.9 Å². The number of Topliss-reactive ketones (excluding diaryl/α,β-unsaturated/α-hetero) is 1. The molecule has 1 aliphatic rings. The van der Waals surface area contributed by atoms with Crippen molar-refractivity contribution >= 4 is 17.4 Å². The van der Waals surface area contributed by atoms with Gasteiger partial charge in [-0.1, -0.05) is 0 Å². The molecule has 0 aliphatic carbocycles. The van der Waals surface area contributed by atoms with Crippen molar-refractivity contribution in [3.8, 4) is 17.2 Å². The van der Waals surface area contributed by atoms with Crippen LogP contribution in [0.25, 0.3) is 5.76 Å². The lowest BCUT2D eigenvalue weighted by Gasteiger charge is -2.28. The first-order valence-electron chi connectivity index (χ1n) is 10.7. The number of ether oxygens (including phenoxy) is 3. The maximum absolute atomic E-state index is 13.2. The van der Waals surface area contributed by atoms with E-state index in [0.717, 1.165) is 0 Å². The molecule has 8 heteroatoms. The minimum absolute atomic E-state index is 0.00877. The summed E-state index contributed by atoms with van der Waals surface area (Å²) < 4.78 is 16.4. The van der Waals surface area contributed by atoms with Crippen molar-refractivity contribution in [1.29, 1.82) is 0 Å². The summed E-state index contributed by atoms with van der Waals surface area (Å²) in [5, 5.41) is 11.2. The van der Waals surface area contributed by atoms with Gasteiger partial charge in [0.25, 0.3) is 11.7 Å². The molecule has 3 rings (SSSR count). The van der Waals surface area contributed by atoms with E-state index in [1.165, 1.54) is 19.1 Å². The third-order valence-electron chi connectivity index (χ3n) is 5.50. The molecule has 0 radical (unpaired) electrons. The monoisotopic (exact) mass is 454 g/mol. The third-order valence-corrected chi connectivity index (χ3v) is 5.50. The molecule has 0 spiro atoms. The molecule has 1 heterocycles.